The number of piperidine rings is 1. The van der Waals surface area contributed by atoms with Gasteiger partial charge in [0.25, 0.3) is 0 Å². The molecule has 236 valence electrons. The van der Waals surface area contributed by atoms with Crippen molar-refractivity contribution in [3.63, 3.8) is 0 Å². The van der Waals surface area contributed by atoms with Crippen molar-refractivity contribution in [3.05, 3.63) is 59.4 Å². The van der Waals surface area contributed by atoms with E-state index in [9.17, 15) is 14.7 Å². The molecule has 0 spiro atoms. The standard InChI is InChI=1S/C35H50FN3O4/c1-24(2)27-9-5-10-28(21-27)32-30(12-6-13-31(32)36)35(42,18-8-19-38-34(41)43-4)29-11-7-20-39(23-29)33(40)26-16-14-25(15-17-26)22-37-3/h5-6,9-10,12-13,21,24-26,29,37,42H,7-8,11,14-20,22-23H2,1-4H3,(H,38,41)/t25-,26-,29-,35+/m1/s1. The molecule has 1 saturated heterocycles. The zero-order valence-corrected chi connectivity index (χ0v) is 26.3. The van der Waals surface area contributed by atoms with Crippen molar-refractivity contribution in [2.24, 2.45) is 17.8 Å². The van der Waals surface area contributed by atoms with Crippen LogP contribution in [0.3, 0.4) is 0 Å². The molecule has 2 atom stereocenters. The molecule has 8 heteroatoms. The van der Waals surface area contributed by atoms with E-state index in [1.807, 2.05) is 42.3 Å². The van der Waals surface area contributed by atoms with Gasteiger partial charge in [-0.05, 0) is 99.6 Å². The lowest BCUT2D eigenvalue weighted by molar-refractivity contribution is -0.142. The highest BCUT2D eigenvalue weighted by atomic mass is 19.1. The molecule has 2 aromatic rings. The highest BCUT2D eigenvalue weighted by molar-refractivity contribution is 5.79. The molecule has 2 aromatic carbocycles. The van der Waals surface area contributed by atoms with E-state index in [4.69, 9.17) is 4.74 Å². The Balaban J connectivity index is 1.64. The van der Waals surface area contributed by atoms with E-state index in [0.29, 0.717) is 49.5 Å². The summed E-state index contributed by atoms with van der Waals surface area (Å²) in [4.78, 5) is 27.4. The molecule has 0 aromatic heterocycles. The lowest BCUT2D eigenvalue weighted by Crippen LogP contribution is -2.50. The molecule has 43 heavy (non-hydrogen) atoms. The van der Waals surface area contributed by atoms with E-state index in [0.717, 1.165) is 56.2 Å². The third-order valence-corrected chi connectivity index (χ3v) is 9.61. The topological polar surface area (TPSA) is 90.9 Å². The zero-order valence-electron chi connectivity index (χ0n) is 26.3. The van der Waals surface area contributed by atoms with E-state index in [2.05, 4.69) is 24.5 Å². The van der Waals surface area contributed by atoms with Gasteiger partial charge >= 0.3 is 6.09 Å². The second kappa shape index (κ2) is 15.2. The molecule has 2 amide bonds. The van der Waals surface area contributed by atoms with Crippen LogP contribution in [0, 0.1) is 23.6 Å². The average molecular weight is 596 g/mol. The van der Waals surface area contributed by atoms with Crippen molar-refractivity contribution in [1.82, 2.24) is 15.5 Å². The highest BCUT2D eigenvalue weighted by Gasteiger charge is 2.44. The van der Waals surface area contributed by atoms with Crippen LogP contribution in [-0.4, -0.2) is 62.3 Å². The molecule has 0 bridgehead atoms. The summed E-state index contributed by atoms with van der Waals surface area (Å²) in [5.41, 5.74) is 1.36. The van der Waals surface area contributed by atoms with Crippen molar-refractivity contribution in [2.75, 3.05) is 40.3 Å². The monoisotopic (exact) mass is 595 g/mol. The second-order valence-electron chi connectivity index (χ2n) is 12.8. The number of ether oxygens (including phenoxy) is 1. The first-order valence-electron chi connectivity index (χ1n) is 16.0. The van der Waals surface area contributed by atoms with E-state index in [1.165, 1.54) is 13.2 Å². The fourth-order valence-electron chi connectivity index (χ4n) is 7.14. The maximum Gasteiger partial charge on any atom is 0.406 e. The van der Waals surface area contributed by atoms with Crippen molar-refractivity contribution in [3.8, 4) is 11.1 Å². The van der Waals surface area contributed by atoms with Gasteiger partial charge in [-0.25, -0.2) is 9.18 Å². The Hall–Kier alpha value is -2.97. The quantitative estimate of drug-likeness (QED) is 0.269. The molecule has 1 aliphatic heterocycles. The maximum absolute atomic E-state index is 15.8. The maximum atomic E-state index is 15.8. The number of hydrogen-bond donors (Lipinski definition) is 3. The largest absolute Gasteiger partial charge is 0.453 e. The molecule has 1 saturated carbocycles. The summed E-state index contributed by atoms with van der Waals surface area (Å²) in [5.74, 6) is 0.431. The smallest absolute Gasteiger partial charge is 0.406 e. The van der Waals surface area contributed by atoms with Crippen LogP contribution in [0.1, 0.15) is 82.3 Å². The van der Waals surface area contributed by atoms with Gasteiger partial charge in [-0.2, -0.15) is 0 Å². The van der Waals surface area contributed by atoms with Crippen LogP contribution in [0.15, 0.2) is 42.5 Å². The Morgan fingerprint density at radius 3 is 2.56 bits per heavy atom. The average Bonchev–Trinajstić information content (AvgIpc) is 3.03. The van der Waals surface area contributed by atoms with Gasteiger partial charge < -0.3 is 25.4 Å². The second-order valence-corrected chi connectivity index (χ2v) is 12.8. The zero-order chi connectivity index (χ0) is 31.0. The fraction of sp³-hybridized carbons (Fsp3) is 0.600. The van der Waals surface area contributed by atoms with Crippen molar-refractivity contribution in [2.45, 2.75) is 76.7 Å². The molecule has 0 unspecified atom stereocenters. The van der Waals surface area contributed by atoms with E-state index < -0.39 is 11.7 Å². The number of aliphatic hydroxyl groups is 1. The van der Waals surface area contributed by atoms with Crippen LogP contribution in [-0.2, 0) is 15.1 Å². The summed E-state index contributed by atoms with van der Waals surface area (Å²) in [6, 6.07) is 12.8. The molecule has 2 fully saturated rings. The number of alkyl carbamates (subject to hydrolysis) is 1. The molecule has 1 aliphatic carbocycles. The highest BCUT2D eigenvalue weighted by Crippen LogP contribution is 2.45. The minimum Gasteiger partial charge on any atom is -0.453 e. The Kier molecular flexibility index (Phi) is 11.6. The van der Waals surface area contributed by atoms with Crippen molar-refractivity contribution >= 4 is 12.0 Å². The van der Waals surface area contributed by atoms with Gasteiger partial charge in [-0.1, -0.05) is 50.2 Å². The van der Waals surface area contributed by atoms with Crippen LogP contribution in [0.25, 0.3) is 11.1 Å². The minimum absolute atomic E-state index is 0.0210. The number of nitrogens with zero attached hydrogens (tertiary/aromatic N) is 1. The Morgan fingerprint density at radius 1 is 1.12 bits per heavy atom. The van der Waals surface area contributed by atoms with Gasteiger partial charge in [0.05, 0.1) is 12.7 Å². The molecular formula is C35H50FN3O4. The molecule has 0 radical (unpaired) electrons. The predicted octanol–water partition coefficient (Wildman–Crippen LogP) is 6.20. The van der Waals surface area contributed by atoms with Crippen LogP contribution in [0.2, 0.25) is 0 Å². The van der Waals surface area contributed by atoms with Crippen LogP contribution in [0.5, 0.6) is 0 Å². The number of benzene rings is 2. The van der Waals surface area contributed by atoms with Crippen LogP contribution < -0.4 is 10.6 Å². The summed E-state index contributed by atoms with van der Waals surface area (Å²) in [5, 5.41) is 18.7. The molecule has 7 nitrogen and oxygen atoms in total. The van der Waals surface area contributed by atoms with Crippen LogP contribution >= 0.6 is 0 Å². The van der Waals surface area contributed by atoms with Gasteiger partial charge in [-0.15, -0.1) is 0 Å². The number of carbonyl (C=O) groups is 2. The number of methoxy groups -OCH3 is 1. The first-order chi connectivity index (χ1) is 20.7. The van der Waals surface area contributed by atoms with Crippen molar-refractivity contribution in [1.29, 1.82) is 0 Å². The van der Waals surface area contributed by atoms with Gasteiger partial charge in [0, 0.05) is 37.0 Å². The van der Waals surface area contributed by atoms with E-state index in [1.54, 1.807) is 6.07 Å². The minimum atomic E-state index is -1.41. The number of nitrogens with one attached hydrogen (secondary N) is 2. The number of halogens is 1. The summed E-state index contributed by atoms with van der Waals surface area (Å²) < 4.78 is 20.5. The number of hydrogen-bond acceptors (Lipinski definition) is 5. The summed E-state index contributed by atoms with van der Waals surface area (Å²) in [6.07, 6.45) is 5.64. The molecule has 1 heterocycles. The van der Waals surface area contributed by atoms with Gasteiger partial charge in [0.1, 0.15) is 5.82 Å². The lowest BCUT2D eigenvalue weighted by Gasteiger charge is -2.44. The van der Waals surface area contributed by atoms with Gasteiger partial charge in [0.2, 0.25) is 5.91 Å². The normalized spacial score (nSPS) is 22.2. The Labute approximate surface area is 256 Å². The third kappa shape index (κ3) is 7.95. The number of carbonyl (C=O) groups excluding carboxylic acids is 2. The molecule has 4 rings (SSSR count). The van der Waals surface area contributed by atoms with Gasteiger partial charge in [0.15, 0.2) is 0 Å². The van der Waals surface area contributed by atoms with Gasteiger partial charge in [-0.3, -0.25) is 4.79 Å². The SMILES string of the molecule is CNC[C@H]1CC[C@H](C(=O)N2CCC[C@@H]([C@@](O)(CCCNC(=O)OC)c3cccc(F)c3-c3cccc(C(C)C)c3)C2)CC1. The van der Waals surface area contributed by atoms with E-state index in [-0.39, 0.29) is 29.5 Å². The predicted molar refractivity (Wildman–Crippen MR) is 168 cm³/mol. The molecule has 3 N–H and O–H groups in total. The first kappa shape index (κ1) is 32.9. The number of amides is 2. The Morgan fingerprint density at radius 2 is 1.86 bits per heavy atom. The Bertz CT molecular complexity index is 1230. The summed E-state index contributed by atoms with van der Waals surface area (Å²) in [7, 11) is 3.29. The van der Waals surface area contributed by atoms with Crippen LogP contribution in [0.4, 0.5) is 9.18 Å². The first-order valence-corrected chi connectivity index (χ1v) is 16.0. The number of likely N-dealkylation sites (tertiary alicyclic amines) is 1. The third-order valence-electron chi connectivity index (χ3n) is 9.61. The van der Waals surface area contributed by atoms with E-state index >= 15 is 4.39 Å². The lowest BCUT2D eigenvalue weighted by atomic mass is 9.71. The van der Waals surface area contributed by atoms with Crippen molar-refractivity contribution < 1.29 is 23.8 Å². The summed E-state index contributed by atoms with van der Waals surface area (Å²) in [6.45, 7) is 6.62. The fourth-order valence-corrected chi connectivity index (χ4v) is 7.14. The molecule has 2 aliphatic rings. The number of rotatable bonds is 11. The molecular weight excluding hydrogens is 545 g/mol. The summed E-state index contributed by atoms with van der Waals surface area (Å²) >= 11 is 0.